The number of aromatic hydroxyl groups is 1. The molecule has 7 heterocycles. The van der Waals surface area contributed by atoms with Crippen LogP contribution in [0.15, 0.2) is 36.5 Å². The number of benzene rings is 2. The van der Waals surface area contributed by atoms with E-state index in [-0.39, 0.29) is 40.6 Å². The zero-order chi connectivity index (χ0) is 29.1. The number of aromatic nitrogens is 3. The van der Waals surface area contributed by atoms with Crippen LogP contribution in [0.2, 0.25) is 0 Å². The fourth-order valence-electron chi connectivity index (χ4n) is 7.60. The van der Waals surface area contributed by atoms with Gasteiger partial charge in [-0.15, -0.1) is 6.42 Å². The summed E-state index contributed by atoms with van der Waals surface area (Å²) in [5.41, 5.74) is 1.17. The molecule has 220 valence electrons. The van der Waals surface area contributed by atoms with Gasteiger partial charge in [-0.1, -0.05) is 18.1 Å². The summed E-state index contributed by atoms with van der Waals surface area (Å²) in [6, 6.07) is 8.89. The molecule has 5 aliphatic heterocycles. The molecule has 2 aromatic carbocycles. The van der Waals surface area contributed by atoms with Gasteiger partial charge in [0.1, 0.15) is 29.4 Å². The minimum absolute atomic E-state index is 0.00426. The minimum Gasteiger partial charge on any atom is -0.508 e. The van der Waals surface area contributed by atoms with E-state index in [4.69, 9.17) is 20.9 Å². The Morgan fingerprint density at radius 1 is 1.19 bits per heavy atom. The number of anilines is 1. The van der Waals surface area contributed by atoms with Crippen molar-refractivity contribution in [3.8, 4) is 35.4 Å². The number of hydrogen-bond acceptors (Lipinski definition) is 9. The molecule has 0 saturated carbocycles. The topological polar surface area (TPSA) is 95.9 Å². The first-order chi connectivity index (χ1) is 21.0. The molecule has 0 spiro atoms. The summed E-state index contributed by atoms with van der Waals surface area (Å²) in [6.45, 7) is 5.19. The number of ether oxygens (including phenoxy) is 2. The van der Waals surface area contributed by atoms with E-state index in [1.807, 2.05) is 12.1 Å². The van der Waals surface area contributed by atoms with Crippen LogP contribution in [0.4, 0.5) is 10.2 Å². The largest absolute Gasteiger partial charge is 0.508 e. The van der Waals surface area contributed by atoms with Crippen LogP contribution in [-0.4, -0.2) is 88.6 Å². The zero-order valence-corrected chi connectivity index (χ0v) is 23.9. The maximum atomic E-state index is 16.8. The van der Waals surface area contributed by atoms with Gasteiger partial charge >= 0.3 is 6.01 Å². The molecule has 4 aromatic rings. The highest BCUT2D eigenvalue weighted by Gasteiger charge is 2.45. The van der Waals surface area contributed by atoms with E-state index >= 15 is 4.39 Å². The number of phenolic OH excluding ortho intramolecular Hbond substituents is 1. The lowest BCUT2D eigenvalue weighted by atomic mass is 9.95. The zero-order valence-electron chi connectivity index (χ0n) is 23.9. The Kier molecular flexibility index (Phi) is 6.37. The molecule has 2 unspecified atom stereocenters. The van der Waals surface area contributed by atoms with Crippen molar-refractivity contribution in [1.29, 1.82) is 0 Å². The number of fused-ring (bicyclic) bond motifs is 7. The minimum atomic E-state index is -0.611. The van der Waals surface area contributed by atoms with Gasteiger partial charge in [0.2, 0.25) is 0 Å². The molecule has 2 aromatic heterocycles. The number of nitrogens with zero attached hydrogens (tertiary/aromatic N) is 5. The molecule has 0 aliphatic carbocycles. The Balaban J connectivity index is 1.29. The Morgan fingerprint density at radius 2 is 2.05 bits per heavy atom. The molecule has 9 nitrogen and oxygen atoms in total. The van der Waals surface area contributed by atoms with Crippen LogP contribution in [0, 0.1) is 18.2 Å². The highest BCUT2D eigenvalue weighted by molar-refractivity contribution is 6.02. The van der Waals surface area contributed by atoms with Crippen molar-refractivity contribution >= 4 is 27.5 Å². The van der Waals surface area contributed by atoms with Gasteiger partial charge in [0.15, 0.2) is 5.82 Å². The summed E-state index contributed by atoms with van der Waals surface area (Å²) in [5, 5.41) is 15.9. The summed E-state index contributed by atoms with van der Waals surface area (Å²) in [6.07, 6.45) is 11.9. The van der Waals surface area contributed by atoms with Gasteiger partial charge in [-0.05, 0) is 62.4 Å². The quantitative estimate of drug-likeness (QED) is 0.341. The van der Waals surface area contributed by atoms with Crippen molar-refractivity contribution < 1.29 is 19.0 Å². The van der Waals surface area contributed by atoms with Gasteiger partial charge in [0, 0.05) is 41.8 Å². The molecular weight excluding hydrogens is 547 g/mol. The van der Waals surface area contributed by atoms with E-state index in [0.717, 1.165) is 45.3 Å². The lowest BCUT2D eigenvalue weighted by molar-refractivity contribution is 0.108. The van der Waals surface area contributed by atoms with Gasteiger partial charge in [-0.25, -0.2) is 4.39 Å². The maximum absolute atomic E-state index is 16.8. The van der Waals surface area contributed by atoms with Crippen molar-refractivity contribution in [3.63, 3.8) is 0 Å². The van der Waals surface area contributed by atoms with E-state index in [2.05, 4.69) is 31.0 Å². The molecular formula is C33H33FN6O3. The van der Waals surface area contributed by atoms with Crippen molar-refractivity contribution in [3.05, 3.63) is 47.9 Å². The summed E-state index contributed by atoms with van der Waals surface area (Å²) < 4.78 is 29.1. The van der Waals surface area contributed by atoms with Gasteiger partial charge in [-0.3, -0.25) is 9.88 Å². The van der Waals surface area contributed by atoms with E-state index in [1.54, 1.807) is 18.3 Å². The van der Waals surface area contributed by atoms with Crippen LogP contribution in [0.3, 0.4) is 0 Å². The third-order valence-corrected chi connectivity index (χ3v) is 9.70. The maximum Gasteiger partial charge on any atom is 0.319 e. The lowest BCUT2D eigenvalue weighted by Crippen LogP contribution is -2.56. The monoisotopic (exact) mass is 580 g/mol. The predicted octanol–water partition coefficient (Wildman–Crippen LogP) is 3.86. The van der Waals surface area contributed by atoms with Gasteiger partial charge in [-0.2, -0.15) is 9.97 Å². The Labute approximate surface area is 249 Å². The fraction of sp³-hybridized carbons (Fsp3) is 0.424. The molecule has 5 saturated heterocycles. The molecule has 10 heteroatoms. The Bertz CT molecular complexity index is 1780. The van der Waals surface area contributed by atoms with Crippen LogP contribution in [0.25, 0.3) is 32.9 Å². The number of nitrogens with one attached hydrogen (secondary N) is 1. The molecule has 2 N–H and O–H groups in total. The van der Waals surface area contributed by atoms with Gasteiger partial charge in [0.25, 0.3) is 0 Å². The molecule has 5 fully saturated rings. The highest BCUT2D eigenvalue weighted by Crippen LogP contribution is 2.41. The summed E-state index contributed by atoms with van der Waals surface area (Å²) in [4.78, 5) is 18.9. The number of terminal acetylenes is 1. The van der Waals surface area contributed by atoms with E-state index < -0.39 is 5.82 Å². The summed E-state index contributed by atoms with van der Waals surface area (Å²) in [7, 11) is 0. The first-order valence-corrected chi connectivity index (χ1v) is 15.1. The molecule has 43 heavy (non-hydrogen) atoms. The molecule has 0 amide bonds. The summed E-state index contributed by atoms with van der Waals surface area (Å²) in [5.74, 6) is 2.67. The first-order valence-electron chi connectivity index (χ1n) is 15.1. The van der Waals surface area contributed by atoms with Crippen LogP contribution in [0.1, 0.15) is 31.2 Å². The van der Waals surface area contributed by atoms with Crippen molar-refractivity contribution in [2.45, 2.75) is 43.3 Å². The van der Waals surface area contributed by atoms with Crippen molar-refractivity contribution in [2.24, 2.45) is 0 Å². The van der Waals surface area contributed by atoms with E-state index in [0.29, 0.717) is 59.5 Å². The average molecular weight is 581 g/mol. The number of halogens is 1. The number of phenols is 1. The van der Waals surface area contributed by atoms with E-state index in [9.17, 15) is 5.11 Å². The second kappa shape index (κ2) is 10.3. The third-order valence-electron chi connectivity index (χ3n) is 9.70. The summed E-state index contributed by atoms with van der Waals surface area (Å²) >= 11 is 0. The van der Waals surface area contributed by atoms with Gasteiger partial charge < -0.3 is 24.8 Å². The van der Waals surface area contributed by atoms with Crippen LogP contribution in [-0.2, 0) is 4.74 Å². The van der Waals surface area contributed by atoms with Crippen LogP contribution >= 0.6 is 0 Å². The normalized spacial score (nSPS) is 23.0. The molecule has 9 rings (SSSR count). The number of rotatable bonds is 5. The van der Waals surface area contributed by atoms with Crippen LogP contribution in [0.5, 0.6) is 11.8 Å². The molecule has 0 radical (unpaired) electrons. The predicted molar refractivity (Wildman–Crippen MR) is 162 cm³/mol. The van der Waals surface area contributed by atoms with Crippen molar-refractivity contribution in [1.82, 2.24) is 25.2 Å². The molecule has 5 aliphatic rings. The Morgan fingerprint density at radius 3 is 2.88 bits per heavy atom. The lowest BCUT2D eigenvalue weighted by Gasteiger charge is -2.37. The highest BCUT2D eigenvalue weighted by atomic mass is 19.1. The number of piperazine rings is 1. The second-order valence-corrected chi connectivity index (χ2v) is 12.2. The molecule has 2 bridgehead atoms. The standard InChI is InChI=1S/C33H33FN6O3/c1-2-20-6-3-7-21-12-24(41)13-25(27(20)21)29-28(34)30-26(15-36-29)31(40-16-22-17-42-18-23(40)14-35-22)38-32(37-30)43-19-33-8-4-10-39(33)11-5-9-33/h1,3,6-7,12-13,15,22-23,35,41H,4-5,8-11,14,16-19H2. The second-order valence-electron chi connectivity index (χ2n) is 12.2. The molecule has 2 atom stereocenters. The fourth-order valence-corrected chi connectivity index (χ4v) is 7.60. The number of pyridine rings is 1. The first kappa shape index (κ1) is 26.6. The number of hydrogen-bond donors (Lipinski definition) is 2. The third kappa shape index (κ3) is 4.37. The van der Waals surface area contributed by atoms with Crippen LogP contribution < -0.4 is 15.0 Å². The Hall–Kier alpha value is -4.04. The smallest absolute Gasteiger partial charge is 0.319 e. The van der Waals surface area contributed by atoms with Crippen molar-refractivity contribution in [2.75, 3.05) is 50.9 Å². The SMILES string of the molecule is C#Cc1cccc2cc(O)cc(-c3ncc4c(N5CC6COCC5CN6)nc(OCC56CCCN5CCC6)nc4c3F)c12. The van der Waals surface area contributed by atoms with Gasteiger partial charge in [0.05, 0.1) is 30.2 Å². The average Bonchev–Trinajstić information content (AvgIpc) is 3.44. The van der Waals surface area contributed by atoms with E-state index in [1.165, 1.54) is 6.07 Å².